The van der Waals surface area contributed by atoms with Crippen molar-refractivity contribution in [1.82, 2.24) is 0 Å². The molecule has 0 atom stereocenters. The number of hydrogen-bond donors (Lipinski definition) is 1. The van der Waals surface area contributed by atoms with Crippen molar-refractivity contribution in [3.8, 4) is 5.75 Å². The fraction of sp³-hybridized carbons (Fsp3) is 0.529. The topological polar surface area (TPSA) is 29.5 Å². The molecule has 1 aromatic rings. The van der Waals surface area contributed by atoms with Gasteiger partial charge in [0.2, 0.25) is 0 Å². The van der Waals surface area contributed by atoms with E-state index in [1.54, 1.807) is 0 Å². The standard InChI is InChI=1S/C17H22Br2O2/c1-2-21-17-15(18)9-12(10-16(17)19)8-14(11-20)13-6-4-3-5-7-13/h8-10,13,20H,2-7,11H2,1H3/b14-8-. The van der Waals surface area contributed by atoms with E-state index < -0.39 is 0 Å². The van der Waals surface area contributed by atoms with E-state index in [1.165, 1.54) is 32.1 Å². The van der Waals surface area contributed by atoms with Crippen molar-refractivity contribution in [2.45, 2.75) is 39.0 Å². The SMILES string of the molecule is CCOc1c(Br)cc(/C=C(/CO)C2CCCCC2)cc1Br. The lowest BCUT2D eigenvalue weighted by molar-refractivity contribution is 0.295. The molecule has 2 rings (SSSR count). The molecule has 1 aliphatic rings. The average Bonchev–Trinajstić information content (AvgIpc) is 2.49. The van der Waals surface area contributed by atoms with Crippen molar-refractivity contribution < 1.29 is 9.84 Å². The second-order valence-corrected chi connectivity index (χ2v) is 7.17. The highest BCUT2D eigenvalue weighted by molar-refractivity contribution is 9.11. The van der Waals surface area contributed by atoms with Crippen LogP contribution in [0.2, 0.25) is 0 Å². The second-order valence-electron chi connectivity index (χ2n) is 5.46. The zero-order valence-corrected chi connectivity index (χ0v) is 15.5. The molecule has 0 unspecified atom stereocenters. The van der Waals surface area contributed by atoms with Crippen LogP contribution < -0.4 is 4.74 Å². The Morgan fingerprint density at radius 1 is 1.24 bits per heavy atom. The highest BCUT2D eigenvalue weighted by atomic mass is 79.9. The summed E-state index contributed by atoms with van der Waals surface area (Å²) in [5.74, 6) is 1.37. The van der Waals surface area contributed by atoms with Crippen LogP contribution in [0.4, 0.5) is 0 Å². The Hall–Kier alpha value is -0.320. The molecule has 2 nitrogen and oxygen atoms in total. The third kappa shape index (κ3) is 4.57. The summed E-state index contributed by atoms with van der Waals surface area (Å²) in [4.78, 5) is 0. The Bertz CT molecular complexity index is 483. The van der Waals surface area contributed by atoms with Crippen molar-refractivity contribution in [2.24, 2.45) is 5.92 Å². The lowest BCUT2D eigenvalue weighted by atomic mass is 9.83. The Kier molecular flexibility index (Phi) is 6.77. The molecule has 1 saturated carbocycles. The van der Waals surface area contributed by atoms with E-state index in [9.17, 15) is 5.11 Å². The molecule has 0 radical (unpaired) electrons. The van der Waals surface area contributed by atoms with Gasteiger partial charge in [-0.15, -0.1) is 0 Å². The Labute approximate surface area is 143 Å². The number of halogens is 2. The largest absolute Gasteiger partial charge is 0.492 e. The zero-order chi connectivity index (χ0) is 15.2. The van der Waals surface area contributed by atoms with Gasteiger partial charge in [0.1, 0.15) is 5.75 Å². The van der Waals surface area contributed by atoms with Crippen molar-refractivity contribution in [2.75, 3.05) is 13.2 Å². The van der Waals surface area contributed by atoms with Gasteiger partial charge in [-0.25, -0.2) is 0 Å². The zero-order valence-electron chi connectivity index (χ0n) is 12.4. The summed E-state index contributed by atoms with van der Waals surface area (Å²) < 4.78 is 7.48. The number of aliphatic hydroxyl groups is 1. The molecule has 1 aliphatic carbocycles. The van der Waals surface area contributed by atoms with E-state index in [0.29, 0.717) is 12.5 Å². The predicted octanol–water partition coefficient (Wildman–Crippen LogP) is 5.57. The summed E-state index contributed by atoms with van der Waals surface area (Å²) >= 11 is 7.12. The monoisotopic (exact) mass is 416 g/mol. The summed E-state index contributed by atoms with van der Waals surface area (Å²) in [5, 5.41) is 9.70. The number of hydrogen-bond acceptors (Lipinski definition) is 2. The first-order chi connectivity index (χ1) is 10.2. The van der Waals surface area contributed by atoms with E-state index in [1.807, 2.05) is 19.1 Å². The van der Waals surface area contributed by atoms with Gasteiger partial charge in [0, 0.05) is 0 Å². The molecule has 1 aromatic carbocycles. The molecule has 1 N–H and O–H groups in total. The van der Waals surface area contributed by atoms with Gasteiger partial charge in [-0.2, -0.15) is 0 Å². The number of rotatable bonds is 5. The molecule has 0 heterocycles. The normalized spacial score (nSPS) is 17.0. The summed E-state index contributed by atoms with van der Waals surface area (Å²) in [6, 6.07) is 4.10. The molecule has 1 fully saturated rings. The van der Waals surface area contributed by atoms with Crippen LogP contribution in [0.15, 0.2) is 26.7 Å². The van der Waals surface area contributed by atoms with Crippen LogP contribution in [0.25, 0.3) is 6.08 Å². The van der Waals surface area contributed by atoms with Crippen LogP contribution in [0.5, 0.6) is 5.75 Å². The molecular formula is C17H22Br2O2. The van der Waals surface area contributed by atoms with Gasteiger partial charge >= 0.3 is 0 Å². The van der Waals surface area contributed by atoms with Crippen LogP contribution >= 0.6 is 31.9 Å². The van der Waals surface area contributed by atoms with Crippen molar-refractivity contribution in [1.29, 1.82) is 0 Å². The van der Waals surface area contributed by atoms with Gasteiger partial charge in [-0.3, -0.25) is 0 Å². The van der Waals surface area contributed by atoms with Gasteiger partial charge in [0.15, 0.2) is 0 Å². The highest BCUT2D eigenvalue weighted by Crippen LogP contribution is 2.36. The van der Waals surface area contributed by atoms with E-state index in [4.69, 9.17) is 4.74 Å². The van der Waals surface area contributed by atoms with E-state index in [0.717, 1.165) is 25.8 Å². The summed E-state index contributed by atoms with van der Waals surface area (Å²) in [6.07, 6.45) is 8.41. The number of aliphatic hydroxyl groups excluding tert-OH is 1. The van der Waals surface area contributed by atoms with Crippen LogP contribution in [0, 0.1) is 5.92 Å². The van der Waals surface area contributed by atoms with Crippen molar-refractivity contribution in [3.63, 3.8) is 0 Å². The molecule has 0 amide bonds. The van der Waals surface area contributed by atoms with Crippen LogP contribution in [-0.4, -0.2) is 18.3 Å². The molecule has 21 heavy (non-hydrogen) atoms. The molecule has 116 valence electrons. The fourth-order valence-corrected chi connectivity index (χ4v) is 4.38. The Balaban J connectivity index is 2.25. The first-order valence-corrected chi connectivity index (χ1v) is 9.17. The molecule has 0 aromatic heterocycles. The van der Waals surface area contributed by atoms with Gasteiger partial charge in [-0.1, -0.05) is 25.3 Å². The molecule has 0 bridgehead atoms. The van der Waals surface area contributed by atoms with E-state index in [2.05, 4.69) is 37.9 Å². The quantitative estimate of drug-likeness (QED) is 0.678. The molecule has 0 saturated heterocycles. The summed E-state index contributed by atoms with van der Waals surface area (Å²) in [6.45, 7) is 2.75. The van der Waals surface area contributed by atoms with E-state index >= 15 is 0 Å². The molecule has 4 heteroatoms. The number of ether oxygens (including phenoxy) is 1. The van der Waals surface area contributed by atoms with Gasteiger partial charge in [0.25, 0.3) is 0 Å². The van der Waals surface area contributed by atoms with Crippen LogP contribution in [0.3, 0.4) is 0 Å². The minimum Gasteiger partial charge on any atom is -0.492 e. The van der Waals surface area contributed by atoms with Gasteiger partial charge in [-0.05, 0) is 80.8 Å². The van der Waals surface area contributed by atoms with Gasteiger partial charge in [0.05, 0.1) is 22.2 Å². The lowest BCUT2D eigenvalue weighted by Gasteiger charge is -2.23. The number of benzene rings is 1. The molecule has 0 aliphatic heterocycles. The third-order valence-corrected chi connectivity index (χ3v) is 5.15. The van der Waals surface area contributed by atoms with Crippen molar-refractivity contribution in [3.05, 3.63) is 32.2 Å². The first kappa shape index (κ1) is 17.0. The fourth-order valence-electron chi connectivity index (χ4n) is 2.93. The Morgan fingerprint density at radius 2 is 1.86 bits per heavy atom. The maximum atomic E-state index is 9.70. The molecular weight excluding hydrogens is 396 g/mol. The smallest absolute Gasteiger partial charge is 0.147 e. The minimum absolute atomic E-state index is 0.146. The van der Waals surface area contributed by atoms with Crippen LogP contribution in [0.1, 0.15) is 44.6 Å². The third-order valence-electron chi connectivity index (χ3n) is 3.97. The lowest BCUT2D eigenvalue weighted by Crippen LogP contribution is -2.11. The predicted molar refractivity (Wildman–Crippen MR) is 94.6 cm³/mol. The summed E-state index contributed by atoms with van der Waals surface area (Å²) in [7, 11) is 0. The maximum Gasteiger partial charge on any atom is 0.147 e. The maximum absolute atomic E-state index is 9.70. The van der Waals surface area contributed by atoms with Gasteiger partial charge < -0.3 is 9.84 Å². The Morgan fingerprint density at radius 3 is 2.38 bits per heavy atom. The van der Waals surface area contributed by atoms with Crippen LogP contribution in [-0.2, 0) is 0 Å². The summed E-state index contributed by atoms with van der Waals surface area (Å²) in [5.41, 5.74) is 2.24. The average molecular weight is 418 g/mol. The van der Waals surface area contributed by atoms with Crippen molar-refractivity contribution >= 4 is 37.9 Å². The minimum atomic E-state index is 0.146. The second kappa shape index (κ2) is 8.35. The first-order valence-electron chi connectivity index (χ1n) is 7.58. The highest BCUT2D eigenvalue weighted by Gasteiger charge is 2.17. The van der Waals surface area contributed by atoms with E-state index in [-0.39, 0.29) is 6.61 Å². The molecule has 0 spiro atoms.